The van der Waals surface area contributed by atoms with Gasteiger partial charge in [0.15, 0.2) is 0 Å². The molecule has 0 bridgehead atoms. The summed E-state index contributed by atoms with van der Waals surface area (Å²) in [7, 11) is -4.64. The van der Waals surface area contributed by atoms with Crippen LogP contribution in [0.4, 0.5) is 0 Å². The molecule has 7 heteroatoms. The zero-order valence-corrected chi connectivity index (χ0v) is 8.66. The maximum atomic E-state index is 8.88. The molecule has 5 nitrogen and oxygen atoms in total. The fraction of sp³-hybridized carbons (Fsp3) is 1.00. The van der Waals surface area contributed by atoms with Crippen LogP contribution in [-0.4, -0.2) is 90.6 Å². The Morgan fingerprint density at radius 3 is 1.15 bits per heavy atom. The third kappa shape index (κ3) is 31.6. The first kappa shape index (κ1) is 20.2. The van der Waals surface area contributed by atoms with E-state index in [1.807, 2.05) is 0 Å². The van der Waals surface area contributed by atoms with Crippen molar-refractivity contribution in [3.05, 3.63) is 0 Å². The van der Waals surface area contributed by atoms with Crippen LogP contribution in [0.3, 0.4) is 0 Å². The monoisotopic (exact) mass is 239 g/mol. The molecule has 0 saturated carbocycles. The molecule has 78 valence electrons. The topological polar surface area (TPSA) is 81.0 Å². The van der Waals surface area contributed by atoms with Gasteiger partial charge in [-0.2, -0.15) is 0 Å². The number of nitrogens with zero attached hydrogens (tertiary/aromatic N) is 1. The van der Waals surface area contributed by atoms with Crippen LogP contribution in [0.1, 0.15) is 20.8 Å². The molecule has 13 heavy (non-hydrogen) atoms. The van der Waals surface area contributed by atoms with Gasteiger partial charge in [-0.1, -0.05) is 20.8 Å². The molecule has 0 aliphatic heterocycles. The summed E-state index contributed by atoms with van der Waals surface area (Å²) in [5, 5.41) is 0. The van der Waals surface area contributed by atoms with Crippen LogP contribution >= 0.6 is 7.82 Å². The Balaban J connectivity index is -0.000000150. The van der Waals surface area contributed by atoms with E-state index in [0.29, 0.717) is 0 Å². The Morgan fingerprint density at radius 1 is 1.00 bits per heavy atom. The predicted octanol–water partition coefficient (Wildman–Crippen LogP) is -0.229. The molecule has 0 aromatic heterocycles. The molecule has 3 N–H and O–H groups in total. The average Bonchev–Trinajstić information content (AvgIpc) is 1.88. The Bertz CT molecular complexity index is 123. The second kappa shape index (κ2) is 11.8. The maximum absolute atomic E-state index is 8.88. The van der Waals surface area contributed by atoms with E-state index in [1.165, 1.54) is 19.6 Å². The molecule has 0 aromatic carbocycles. The molecule has 0 radical (unpaired) electrons. The Kier molecular flexibility index (Phi) is 18.3. The van der Waals surface area contributed by atoms with E-state index in [4.69, 9.17) is 19.2 Å². The molecular formula is C6H19KNO4P. The molecule has 0 atom stereocenters. The standard InChI is InChI=1S/C6H15N.K.H3O4P.H/c1-4-7(5-2)6-3;;1-5(2,3)4;/h4-6H2,1-3H3;;(H3,1,2,3,4);. The quantitative estimate of drug-likeness (QED) is 0.468. The van der Waals surface area contributed by atoms with Gasteiger partial charge in [0.1, 0.15) is 0 Å². The van der Waals surface area contributed by atoms with Crippen molar-refractivity contribution < 1.29 is 19.2 Å². The van der Waals surface area contributed by atoms with E-state index in [2.05, 4.69) is 25.7 Å². The minimum absolute atomic E-state index is 0. The molecule has 0 heterocycles. The summed E-state index contributed by atoms with van der Waals surface area (Å²) in [6.45, 7) is 10.1. The molecule has 0 spiro atoms. The van der Waals surface area contributed by atoms with Gasteiger partial charge < -0.3 is 19.6 Å². The van der Waals surface area contributed by atoms with Gasteiger partial charge in [-0.15, -0.1) is 0 Å². The van der Waals surface area contributed by atoms with Gasteiger partial charge in [0.2, 0.25) is 0 Å². The van der Waals surface area contributed by atoms with E-state index in [0.717, 1.165) is 0 Å². The van der Waals surface area contributed by atoms with Gasteiger partial charge >= 0.3 is 59.2 Å². The molecule has 0 rings (SSSR count). The van der Waals surface area contributed by atoms with Crippen LogP contribution in [-0.2, 0) is 4.57 Å². The van der Waals surface area contributed by atoms with Crippen molar-refractivity contribution in [1.29, 1.82) is 0 Å². The van der Waals surface area contributed by atoms with Gasteiger partial charge in [0.25, 0.3) is 0 Å². The number of phosphoric acid groups is 1. The van der Waals surface area contributed by atoms with E-state index < -0.39 is 7.82 Å². The third-order valence-corrected chi connectivity index (χ3v) is 1.34. The predicted molar refractivity (Wildman–Crippen MR) is 54.9 cm³/mol. The number of hydrogen-bond donors (Lipinski definition) is 3. The minimum atomic E-state index is -4.64. The first-order valence-electron chi connectivity index (χ1n) is 3.85. The number of rotatable bonds is 3. The molecule has 0 saturated heterocycles. The van der Waals surface area contributed by atoms with Crippen molar-refractivity contribution in [2.45, 2.75) is 20.8 Å². The zero-order chi connectivity index (χ0) is 10.2. The summed E-state index contributed by atoms with van der Waals surface area (Å²) in [6.07, 6.45) is 0. The molecule has 0 aliphatic rings. The third-order valence-electron chi connectivity index (χ3n) is 1.34. The normalized spacial score (nSPS) is 10.1. The molecule has 0 aliphatic carbocycles. The number of hydrogen-bond acceptors (Lipinski definition) is 2. The second-order valence-electron chi connectivity index (χ2n) is 2.13. The fourth-order valence-electron chi connectivity index (χ4n) is 0.671. The molecule has 0 fully saturated rings. The van der Waals surface area contributed by atoms with Crippen molar-refractivity contribution >= 4 is 59.2 Å². The second-order valence-corrected chi connectivity index (χ2v) is 3.16. The van der Waals surface area contributed by atoms with Gasteiger partial charge in [-0.3, -0.25) is 0 Å². The van der Waals surface area contributed by atoms with Gasteiger partial charge in [-0.05, 0) is 19.6 Å². The summed E-state index contributed by atoms with van der Waals surface area (Å²) in [5.41, 5.74) is 0. The molecular weight excluding hydrogens is 220 g/mol. The average molecular weight is 239 g/mol. The van der Waals surface area contributed by atoms with Crippen molar-refractivity contribution in [2.24, 2.45) is 0 Å². The van der Waals surface area contributed by atoms with E-state index in [1.54, 1.807) is 0 Å². The summed E-state index contributed by atoms with van der Waals surface area (Å²) < 4.78 is 8.88. The van der Waals surface area contributed by atoms with Crippen LogP contribution < -0.4 is 0 Å². The van der Waals surface area contributed by atoms with E-state index in [9.17, 15) is 0 Å². The van der Waals surface area contributed by atoms with Crippen LogP contribution in [0.2, 0.25) is 0 Å². The fourth-order valence-corrected chi connectivity index (χ4v) is 0.671. The van der Waals surface area contributed by atoms with Crippen molar-refractivity contribution in [2.75, 3.05) is 19.6 Å². The Hall–Kier alpha value is 1.71. The zero-order valence-electron chi connectivity index (χ0n) is 7.77. The van der Waals surface area contributed by atoms with E-state index >= 15 is 0 Å². The summed E-state index contributed by atoms with van der Waals surface area (Å²) in [5.74, 6) is 0. The summed E-state index contributed by atoms with van der Waals surface area (Å²) >= 11 is 0. The molecule has 0 amide bonds. The van der Waals surface area contributed by atoms with Crippen molar-refractivity contribution in [3.8, 4) is 0 Å². The molecule has 0 aromatic rings. The first-order chi connectivity index (χ1) is 5.35. The Labute approximate surface area is 122 Å². The van der Waals surface area contributed by atoms with Gasteiger partial charge in [0.05, 0.1) is 0 Å². The van der Waals surface area contributed by atoms with Crippen LogP contribution in [0.15, 0.2) is 0 Å². The summed E-state index contributed by atoms with van der Waals surface area (Å²) in [6, 6.07) is 0. The van der Waals surface area contributed by atoms with Crippen LogP contribution in [0.5, 0.6) is 0 Å². The summed E-state index contributed by atoms with van der Waals surface area (Å²) in [4.78, 5) is 23.9. The van der Waals surface area contributed by atoms with Gasteiger partial charge in [0, 0.05) is 0 Å². The van der Waals surface area contributed by atoms with E-state index in [-0.39, 0.29) is 51.4 Å². The SMILES string of the molecule is CCN(CC)CC.O=P(O)(O)O.[KH]. The van der Waals surface area contributed by atoms with Crippen molar-refractivity contribution in [1.82, 2.24) is 4.90 Å². The van der Waals surface area contributed by atoms with Crippen molar-refractivity contribution in [3.63, 3.8) is 0 Å². The molecule has 0 unspecified atom stereocenters. The first-order valence-corrected chi connectivity index (χ1v) is 5.42. The van der Waals surface area contributed by atoms with Crippen LogP contribution in [0, 0.1) is 0 Å². The Morgan fingerprint density at radius 2 is 1.15 bits per heavy atom. The van der Waals surface area contributed by atoms with Crippen LogP contribution in [0.25, 0.3) is 0 Å². The van der Waals surface area contributed by atoms with Gasteiger partial charge in [-0.25, -0.2) is 4.57 Å².